The van der Waals surface area contributed by atoms with E-state index in [0.717, 1.165) is 55.9 Å². The molecule has 0 unspecified atom stereocenters. The molecule has 0 N–H and O–H groups in total. The van der Waals surface area contributed by atoms with Crippen molar-refractivity contribution in [3.05, 3.63) is 223 Å². The van der Waals surface area contributed by atoms with E-state index in [4.69, 9.17) is 9.72 Å². The number of nitrogens with zero attached hydrogens (tertiary/aromatic N) is 4. The number of pyridine rings is 1. The Morgan fingerprint density at radius 2 is 1.16 bits per heavy atom. The average molecular weight is 1000 g/mol. The minimum Gasteiger partial charge on any atom is -0.509 e. The van der Waals surface area contributed by atoms with E-state index in [1.54, 1.807) is 0 Å². The van der Waals surface area contributed by atoms with Crippen LogP contribution in [0.25, 0.3) is 27.6 Å². The summed E-state index contributed by atoms with van der Waals surface area (Å²) in [6.45, 7) is 16.0. The molecule has 0 saturated heterocycles. The first-order valence-corrected chi connectivity index (χ1v) is 21.5. The Kier molecular flexibility index (Phi) is 11.1. The maximum absolute atomic E-state index is 6.76. The summed E-state index contributed by atoms with van der Waals surface area (Å²) >= 11 is 0. The van der Waals surface area contributed by atoms with Gasteiger partial charge >= 0.3 is 0 Å². The van der Waals surface area contributed by atoms with Crippen LogP contribution in [-0.4, -0.2) is 9.55 Å². The van der Waals surface area contributed by atoms with E-state index >= 15 is 0 Å². The fourth-order valence-corrected chi connectivity index (χ4v) is 8.87. The monoisotopic (exact) mass is 1000 g/mol. The zero-order valence-corrected chi connectivity index (χ0v) is 38.7. The van der Waals surface area contributed by atoms with Gasteiger partial charge in [-0.3, -0.25) is 0 Å². The zero-order valence-electron chi connectivity index (χ0n) is 36.4. The van der Waals surface area contributed by atoms with Crippen molar-refractivity contribution in [3.63, 3.8) is 0 Å². The van der Waals surface area contributed by atoms with E-state index < -0.39 is 0 Å². The van der Waals surface area contributed by atoms with E-state index in [1.807, 2.05) is 30.5 Å². The van der Waals surface area contributed by atoms with Crippen LogP contribution in [0.15, 0.2) is 176 Å². The van der Waals surface area contributed by atoms with Crippen LogP contribution < -0.4 is 14.5 Å². The number of fused-ring (bicyclic) bond motifs is 4. The Morgan fingerprint density at radius 1 is 0.556 bits per heavy atom. The van der Waals surface area contributed by atoms with Crippen LogP contribution in [0.1, 0.15) is 75.3 Å². The number of para-hydroxylation sites is 3. The number of hydrogen-bond donors (Lipinski definition) is 0. The molecule has 0 spiro atoms. The molecule has 1 aliphatic rings. The second kappa shape index (κ2) is 16.7. The Bertz CT molecular complexity index is 3000. The first-order valence-electron chi connectivity index (χ1n) is 21.5. The van der Waals surface area contributed by atoms with Crippen molar-refractivity contribution in [3.8, 4) is 17.3 Å². The van der Waals surface area contributed by atoms with Gasteiger partial charge in [0, 0.05) is 72.2 Å². The second-order valence-electron chi connectivity index (χ2n) is 17.6. The van der Waals surface area contributed by atoms with Crippen molar-refractivity contribution >= 4 is 44.6 Å². The van der Waals surface area contributed by atoms with Gasteiger partial charge in [0.25, 0.3) is 0 Å². The van der Waals surface area contributed by atoms with Gasteiger partial charge in [0.15, 0.2) is 0 Å². The molecular formula is C57H49N4OPt-3. The van der Waals surface area contributed by atoms with E-state index in [-0.39, 0.29) is 37.8 Å². The van der Waals surface area contributed by atoms with E-state index in [0.29, 0.717) is 11.5 Å². The summed E-state index contributed by atoms with van der Waals surface area (Å²) in [4.78, 5) is 9.29. The molecule has 0 radical (unpaired) electrons. The third-order valence-corrected chi connectivity index (χ3v) is 12.7. The number of anilines is 4. The molecule has 2 aromatic heterocycles. The normalized spacial score (nSPS) is 12.8. The number of aromatic nitrogens is 2. The van der Waals surface area contributed by atoms with Crippen molar-refractivity contribution in [2.45, 2.75) is 58.3 Å². The molecule has 0 amide bonds. The predicted octanol–water partition coefficient (Wildman–Crippen LogP) is 14.8. The topological polar surface area (TPSA) is 33.5 Å². The van der Waals surface area contributed by atoms with Crippen LogP contribution in [-0.2, 0) is 31.9 Å². The number of ether oxygens (including phenoxy) is 1. The second-order valence-corrected chi connectivity index (χ2v) is 17.6. The van der Waals surface area contributed by atoms with Gasteiger partial charge in [-0.1, -0.05) is 150 Å². The van der Waals surface area contributed by atoms with Crippen LogP contribution in [0.2, 0.25) is 0 Å². The van der Waals surface area contributed by atoms with Crippen LogP contribution >= 0.6 is 0 Å². The molecule has 7 aromatic carbocycles. The maximum atomic E-state index is 6.76. The number of hydrogen-bond acceptors (Lipinski definition) is 4. The fourth-order valence-electron chi connectivity index (χ4n) is 8.87. The Labute approximate surface area is 385 Å². The van der Waals surface area contributed by atoms with Gasteiger partial charge in [-0.2, -0.15) is 6.07 Å². The van der Waals surface area contributed by atoms with Gasteiger partial charge < -0.3 is 19.1 Å². The molecule has 3 heterocycles. The molecule has 0 bridgehead atoms. The molecule has 0 saturated carbocycles. The van der Waals surface area contributed by atoms with Crippen molar-refractivity contribution in [1.29, 1.82) is 0 Å². The molecule has 5 nitrogen and oxygen atoms in total. The molecule has 0 fully saturated rings. The van der Waals surface area contributed by atoms with E-state index in [2.05, 4.69) is 220 Å². The van der Waals surface area contributed by atoms with Crippen molar-refractivity contribution in [1.82, 2.24) is 9.55 Å². The summed E-state index contributed by atoms with van der Waals surface area (Å²) < 4.78 is 8.91. The Balaban J connectivity index is 0.00000504. The quantitative estimate of drug-likeness (QED) is 0.128. The summed E-state index contributed by atoms with van der Waals surface area (Å²) in [5.41, 5.74) is 11.8. The molecule has 1 aliphatic heterocycles. The van der Waals surface area contributed by atoms with Gasteiger partial charge in [-0.15, -0.1) is 53.6 Å². The SMILES string of the molecule is CC(C)c1cc(Oc2[c-]c3c(cc2)c2ccccc2n3-c2ccccn2)[c-]c(N2[CH-]N(c3cc(C(C)(C)c4ccccc4)cc(C(C)(C)c4ccccc4)c3)c3ccccc32)c1.[Pt]. The fraction of sp³-hybridized carbons (Fsp3) is 0.158. The smallest absolute Gasteiger partial charge is 0.135 e. The Morgan fingerprint density at radius 3 is 1.79 bits per heavy atom. The molecule has 0 aliphatic carbocycles. The molecular weight excluding hydrogens is 952 g/mol. The van der Waals surface area contributed by atoms with Crippen LogP contribution in [0.5, 0.6) is 11.5 Å². The molecule has 316 valence electrons. The molecule has 9 aromatic rings. The molecule has 63 heavy (non-hydrogen) atoms. The van der Waals surface area contributed by atoms with Gasteiger partial charge in [-0.25, -0.2) is 4.98 Å². The van der Waals surface area contributed by atoms with Crippen molar-refractivity contribution in [2.75, 3.05) is 9.80 Å². The van der Waals surface area contributed by atoms with Gasteiger partial charge in [0.2, 0.25) is 0 Å². The predicted molar refractivity (Wildman–Crippen MR) is 255 cm³/mol. The molecule has 6 heteroatoms. The molecule has 0 atom stereocenters. The van der Waals surface area contributed by atoms with E-state index in [9.17, 15) is 0 Å². The maximum Gasteiger partial charge on any atom is 0.135 e. The van der Waals surface area contributed by atoms with Gasteiger partial charge in [-0.05, 0) is 76.0 Å². The van der Waals surface area contributed by atoms with E-state index in [1.165, 1.54) is 22.3 Å². The third kappa shape index (κ3) is 7.63. The summed E-state index contributed by atoms with van der Waals surface area (Å²) in [6.07, 6.45) is 1.82. The Hall–Kier alpha value is -6.42. The standard InChI is InChI=1S/C57H49N4O.Pt/c1-39(2)40-31-45(36-48(32-40)62-47-28-29-50-49-23-13-14-24-51(49)61(54(50)37-47)55-27-17-18-30-58-55)59-38-60(53-26-16-15-25-52(53)59)46-34-43(56(3,4)41-19-9-7-10-20-41)33-44(35-46)57(5,6)42-21-11-8-12-22-42;/h7-35,38-39H,1-6H3;/q-3;. The van der Waals surface area contributed by atoms with Crippen LogP contribution in [0, 0.1) is 18.8 Å². The number of rotatable bonds is 10. The first-order chi connectivity index (χ1) is 30.1. The molecule has 10 rings (SSSR count). The minimum atomic E-state index is -0.255. The first kappa shape index (κ1) is 41.9. The average Bonchev–Trinajstić information content (AvgIpc) is 3.86. The summed E-state index contributed by atoms with van der Waals surface area (Å²) in [7, 11) is 0. The van der Waals surface area contributed by atoms with Gasteiger partial charge in [0.1, 0.15) is 5.82 Å². The van der Waals surface area contributed by atoms with Crippen LogP contribution in [0.4, 0.5) is 22.7 Å². The summed E-state index contributed by atoms with van der Waals surface area (Å²) in [5, 5.41) is 2.23. The van der Waals surface area contributed by atoms with Crippen molar-refractivity contribution in [2.24, 2.45) is 0 Å². The largest absolute Gasteiger partial charge is 0.509 e. The minimum absolute atomic E-state index is 0. The van der Waals surface area contributed by atoms with Crippen LogP contribution in [0.3, 0.4) is 0 Å². The zero-order chi connectivity index (χ0) is 42.6. The van der Waals surface area contributed by atoms with Crippen molar-refractivity contribution < 1.29 is 25.8 Å². The third-order valence-electron chi connectivity index (χ3n) is 12.7. The van der Waals surface area contributed by atoms with Gasteiger partial charge in [0.05, 0.1) is 0 Å². The number of benzene rings is 7. The summed E-state index contributed by atoms with van der Waals surface area (Å²) in [6, 6.07) is 67.6. The summed E-state index contributed by atoms with van der Waals surface area (Å²) in [5.74, 6) is 2.32.